The van der Waals surface area contributed by atoms with Crippen molar-refractivity contribution in [3.8, 4) is 0 Å². The summed E-state index contributed by atoms with van der Waals surface area (Å²) in [4.78, 5) is 22.4. The number of amides is 1. The van der Waals surface area contributed by atoms with Gasteiger partial charge in [-0.3, -0.25) is 9.59 Å². The van der Waals surface area contributed by atoms with E-state index in [1.165, 1.54) is 0 Å². The van der Waals surface area contributed by atoms with Gasteiger partial charge >= 0.3 is 5.97 Å². The Morgan fingerprint density at radius 3 is 2.47 bits per heavy atom. The minimum Gasteiger partial charge on any atom is -0.481 e. The van der Waals surface area contributed by atoms with Gasteiger partial charge in [0.05, 0.1) is 18.9 Å². The van der Waals surface area contributed by atoms with Crippen molar-refractivity contribution in [2.24, 2.45) is 0 Å². The van der Waals surface area contributed by atoms with Crippen LogP contribution in [0.2, 0.25) is 0 Å². The molecule has 1 rings (SSSR count). The number of carboxylic acids is 1. The molecule has 1 aromatic carbocycles. The third kappa shape index (κ3) is 5.09. The quantitative estimate of drug-likeness (QED) is 0.741. The van der Waals surface area contributed by atoms with E-state index in [4.69, 9.17) is 9.84 Å². The topological polar surface area (TPSA) is 75.6 Å². The minimum atomic E-state index is -0.867. The molecule has 1 atom stereocenters. The molecule has 19 heavy (non-hydrogen) atoms. The van der Waals surface area contributed by atoms with Crippen LogP contribution >= 0.6 is 0 Å². The number of rotatable bonds is 7. The second kappa shape index (κ2) is 7.53. The van der Waals surface area contributed by atoms with E-state index >= 15 is 0 Å². The van der Waals surface area contributed by atoms with Crippen LogP contribution in [-0.4, -0.2) is 30.2 Å². The van der Waals surface area contributed by atoms with Crippen LogP contribution in [0.3, 0.4) is 0 Å². The SMILES string of the molecule is CCOCCC(=O)Nc1ccc(C(C)C(=O)O)cc1. The summed E-state index contributed by atoms with van der Waals surface area (Å²) in [5.41, 5.74) is 1.36. The van der Waals surface area contributed by atoms with Crippen LogP contribution in [0.4, 0.5) is 5.69 Å². The molecule has 0 saturated carbocycles. The third-order valence-corrected chi connectivity index (χ3v) is 2.74. The summed E-state index contributed by atoms with van der Waals surface area (Å²) in [6.45, 7) is 4.49. The molecular formula is C14H19NO4. The largest absolute Gasteiger partial charge is 0.481 e. The van der Waals surface area contributed by atoms with E-state index in [2.05, 4.69) is 5.32 Å². The van der Waals surface area contributed by atoms with Crippen molar-refractivity contribution in [3.05, 3.63) is 29.8 Å². The first-order valence-corrected chi connectivity index (χ1v) is 6.25. The minimum absolute atomic E-state index is 0.118. The number of aliphatic carboxylic acids is 1. The van der Waals surface area contributed by atoms with Crippen molar-refractivity contribution in [1.29, 1.82) is 0 Å². The van der Waals surface area contributed by atoms with Gasteiger partial charge in [-0.05, 0) is 31.5 Å². The normalized spacial score (nSPS) is 11.9. The van der Waals surface area contributed by atoms with Gasteiger partial charge in [-0.15, -0.1) is 0 Å². The highest BCUT2D eigenvalue weighted by Crippen LogP contribution is 2.18. The molecule has 5 nitrogen and oxygen atoms in total. The first kappa shape index (κ1) is 15.2. The van der Waals surface area contributed by atoms with Crippen molar-refractivity contribution in [2.45, 2.75) is 26.2 Å². The standard InChI is InChI=1S/C14H19NO4/c1-3-19-9-8-13(16)15-12-6-4-11(5-7-12)10(2)14(17)18/h4-7,10H,3,8-9H2,1-2H3,(H,15,16)(H,17,18). The summed E-state index contributed by atoms with van der Waals surface area (Å²) in [7, 11) is 0. The van der Waals surface area contributed by atoms with E-state index in [9.17, 15) is 9.59 Å². The fraction of sp³-hybridized carbons (Fsp3) is 0.429. The molecule has 0 aromatic heterocycles. The van der Waals surface area contributed by atoms with Crippen LogP contribution in [-0.2, 0) is 14.3 Å². The molecule has 0 saturated heterocycles. The zero-order valence-electron chi connectivity index (χ0n) is 11.2. The Morgan fingerprint density at radius 1 is 1.32 bits per heavy atom. The van der Waals surface area contributed by atoms with E-state index in [1.807, 2.05) is 6.92 Å². The Kier molecular flexibility index (Phi) is 6.02. The van der Waals surface area contributed by atoms with Gasteiger partial charge in [0.1, 0.15) is 0 Å². The molecule has 0 fully saturated rings. The predicted molar refractivity (Wildman–Crippen MR) is 72.2 cm³/mol. The lowest BCUT2D eigenvalue weighted by molar-refractivity contribution is -0.138. The average Bonchev–Trinajstić information content (AvgIpc) is 2.39. The molecule has 0 aliphatic heterocycles. The van der Waals surface area contributed by atoms with Crippen molar-refractivity contribution >= 4 is 17.6 Å². The maximum atomic E-state index is 11.5. The van der Waals surface area contributed by atoms with E-state index in [0.717, 1.165) is 0 Å². The highest BCUT2D eigenvalue weighted by Gasteiger charge is 2.13. The predicted octanol–water partition coefficient (Wildman–Crippen LogP) is 2.24. The number of carbonyl (C=O) groups is 2. The molecule has 5 heteroatoms. The van der Waals surface area contributed by atoms with Gasteiger partial charge in [-0.1, -0.05) is 12.1 Å². The lowest BCUT2D eigenvalue weighted by Gasteiger charge is -2.09. The van der Waals surface area contributed by atoms with Crippen molar-refractivity contribution in [2.75, 3.05) is 18.5 Å². The molecule has 104 valence electrons. The maximum Gasteiger partial charge on any atom is 0.310 e. The summed E-state index contributed by atoms with van der Waals surface area (Å²) >= 11 is 0. The number of ether oxygens (including phenoxy) is 1. The van der Waals surface area contributed by atoms with Crippen molar-refractivity contribution in [3.63, 3.8) is 0 Å². The Labute approximate surface area is 112 Å². The second-order valence-electron chi connectivity index (χ2n) is 4.18. The molecule has 2 N–H and O–H groups in total. The molecule has 1 aromatic rings. The monoisotopic (exact) mass is 265 g/mol. The van der Waals surface area contributed by atoms with Gasteiger partial charge < -0.3 is 15.2 Å². The summed E-state index contributed by atoms with van der Waals surface area (Å²) in [6.07, 6.45) is 0.307. The number of carboxylic acid groups (broad SMARTS) is 1. The zero-order chi connectivity index (χ0) is 14.3. The second-order valence-corrected chi connectivity index (χ2v) is 4.18. The molecule has 0 radical (unpaired) electrons. The summed E-state index contributed by atoms with van der Waals surface area (Å²) < 4.78 is 5.09. The Balaban J connectivity index is 2.52. The van der Waals surface area contributed by atoms with Gasteiger partial charge in [-0.2, -0.15) is 0 Å². The van der Waals surface area contributed by atoms with E-state index in [-0.39, 0.29) is 5.91 Å². The van der Waals surface area contributed by atoms with Gasteiger partial charge in [-0.25, -0.2) is 0 Å². The summed E-state index contributed by atoms with van der Waals surface area (Å²) in [5.74, 6) is -1.54. The van der Waals surface area contributed by atoms with E-state index in [1.54, 1.807) is 31.2 Å². The lowest BCUT2D eigenvalue weighted by atomic mass is 10.0. The highest BCUT2D eigenvalue weighted by molar-refractivity contribution is 5.90. The zero-order valence-corrected chi connectivity index (χ0v) is 11.2. The molecule has 0 bridgehead atoms. The first-order valence-electron chi connectivity index (χ1n) is 6.25. The molecule has 1 unspecified atom stereocenters. The lowest BCUT2D eigenvalue weighted by Crippen LogP contribution is -2.14. The maximum absolute atomic E-state index is 11.5. The fourth-order valence-corrected chi connectivity index (χ4v) is 1.53. The molecule has 0 aliphatic rings. The molecule has 0 aliphatic carbocycles. The molecule has 0 spiro atoms. The van der Waals surface area contributed by atoms with Crippen molar-refractivity contribution in [1.82, 2.24) is 0 Å². The summed E-state index contributed by atoms with van der Waals surface area (Å²) in [5, 5.41) is 11.6. The van der Waals surface area contributed by atoms with Crippen molar-refractivity contribution < 1.29 is 19.4 Å². The van der Waals surface area contributed by atoms with Crippen LogP contribution in [0.1, 0.15) is 31.7 Å². The van der Waals surface area contributed by atoms with E-state index in [0.29, 0.717) is 30.9 Å². The van der Waals surface area contributed by atoms with Crippen LogP contribution in [0, 0.1) is 0 Å². The van der Waals surface area contributed by atoms with Crippen LogP contribution in [0.5, 0.6) is 0 Å². The molecular weight excluding hydrogens is 246 g/mol. The number of hydrogen-bond donors (Lipinski definition) is 2. The van der Waals surface area contributed by atoms with Gasteiger partial charge in [0.25, 0.3) is 0 Å². The van der Waals surface area contributed by atoms with Gasteiger partial charge in [0, 0.05) is 12.3 Å². The van der Waals surface area contributed by atoms with E-state index < -0.39 is 11.9 Å². The molecule has 0 heterocycles. The Hall–Kier alpha value is -1.88. The first-order chi connectivity index (χ1) is 9.04. The highest BCUT2D eigenvalue weighted by atomic mass is 16.5. The smallest absolute Gasteiger partial charge is 0.310 e. The van der Waals surface area contributed by atoms with Crippen LogP contribution < -0.4 is 5.32 Å². The Morgan fingerprint density at radius 2 is 1.95 bits per heavy atom. The van der Waals surface area contributed by atoms with Gasteiger partial charge in [0.15, 0.2) is 0 Å². The van der Waals surface area contributed by atoms with Crippen LogP contribution in [0.25, 0.3) is 0 Å². The average molecular weight is 265 g/mol. The molecule has 1 amide bonds. The number of nitrogens with one attached hydrogen (secondary N) is 1. The number of hydrogen-bond acceptors (Lipinski definition) is 3. The number of anilines is 1. The number of carbonyl (C=O) groups excluding carboxylic acids is 1. The third-order valence-electron chi connectivity index (χ3n) is 2.74. The van der Waals surface area contributed by atoms with Gasteiger partial charge in [0.2, 0.25) is 5.91 Å². The van der Waals surface area contributed by atoms with Crippen LogP contribution in [0.15, 0.2) is 24.3 Å². The summed E-state index contributed by atoms with van der Waals surface area (Å²) in [6, 6.07) is 6.81. The number of benzene rings is 1. The Bertz CT molecular complexity index is 428. The fourth-order valence-electron chi connectivity index (χ4n) is 1.53.